The van der Waals surface area contributed by atoms with Gasteiger partial charge < -0.3 is 9.67 Å². The molecule has 1 N–H and O–H groups in total. The smallest absolute Gasteiger partial charge is 0.165 e. The molecule has 0 saturated carbocycles. The Labute approximate surface area is 175 Å². The van der Waals surface area contributed by atoms with Gasteiger partial charge in [-0.2, -0.15) is 0 Å². The molecule has 4 rings (SSSR count). The lowest BCUT2D eigenvalue weighted by Crippen LogP contribution is -2.36. The summed E-state index contributed by atoms with van der Waals surface area (Å²) in [6, 6.07) is 11.3. The van der Waals surface area contributed by atoms with Crippen LogP contribution >= 0.6 is 0 Å². The first-order valence-corrected chi connectivity index (χ1v) is 10.4. The average molecular weight is 411 g/mol. The van der Waals surface area contributed by atoms with Crippen molar-refractivity contribution in [2.45, 2.75) is 39.3 Å². The van der Waals surface area contributed by atoms with Crippen molar-refractivity contribution in [3.8, 4) is 5.75 Å². The third kappa shape index (κ3) is 4.70. The van der Waals surface area contributed by atoms with E-state index in [1.165, 1.54) is 18.2 Å². The van der Waals surface area contributed by atoms with Crippen LogP contribution in [0.5, 0.6) is 5.75 Å². The highest BCUT2D eigenvalue weighted by Gasteiger charge is 2.23. The van der Waals surface area contributed by atoms with Crippen molar-refractivity contribution in [1.82, 2.24) is 14.5 Å². The first-order chi connectivity index (χ1) is 14.5. The maximum Gasteiger partial charge on any atom is 0.165 e. The topological polar surface area (TPSA) is 41.3 Å². The molecule has 4 nitrogen and oxygen atoms in total. The van der Waals surface area contributed by atoms with E-state index in [-0.39, 0.29) is 11.6 Å². The second-order valence-electron chi connectivity index (χ2n) is 8.22. The number of piperidine rings is 1. The monoisotopic (exact) mass is 411 g/mol. The van der Waals surface area contributed by atoms with E-state index in [0.717, 1.165) is 49.4 Å². The van der Waals surface area contributed by atoms with Crippen LogP contribution in [0.1, 0.15) is 35.5 Å². The number of hydrogen-bond acceptors (Lipinski definition) is 3. The fraction of sp³-hybridized carbons (Fsp3) is 0.375. The number of benzene rings is 2. The van der Waals surface area contributed by atoms with Crippen molar-refractivity contribution in [2.75, 3.05) is 13.1 Å². The number of imidazole rings is 1. The summed E-state index contributed by atoms with van der Waals surface area (Å²) < 4.78 is 29.1. The Kier molecular flexibility index (Phi) is 6.13. The molecule has 0 spiro atoms. The molecule has 3 aromatic rings. The van der Waals surface area contributed by atoms with E-state index in [4.69, 9.17) is 0 Å². The van der Waals surface area contributed by atoms with E-state index in [0.29, 0.717) is 24.6 Å². The number of rotatable bonds is 6. The standard InChI is InChI=1S/C24H27F2N3O/c1-17-13-27-23(29(17)15-18-7-9-21(25)10-8-18)12-19-4-3-11-28(14-19)16-20-5-2-6-22(26)24(20)30/h2,5-10,13,19,30H,3-4,11-12,14-16H2,1H3. The number of halogens is 2. The van der Waals surface area contributed by atoms with Gasteiger partial charge in [0, 0.05) is 43.5 Å². The predicted octanol–water partition coefficient (Wildman–Crippen LogP) is 4.68. The molecule has 1 aliphatic rings. The molecule has 1 unspecified atom stereocenters. The van der Waals surface area contributed by atoms with E-state index < -0.39 is 5.82 Å². The number of aryl methyl sites for hydroxylation is 1. The third-order valence-corrected chi connectivity index (χ3v) is 5.93. The highest BCUT2D eigenvalue weighted by molar-refractivity contribution is 5.33. The maximum atomic E-state index is 13.6. The summed E-state index contributed by atoms with van der Waals surface area (Å²) in [4.78, 5) is 6.92. The Bertz CT molecular complexity index is 1000. The van der Waals surface area contributed by atoms with Crippen LogP contribution in [0.3, 0.4) is 0 Å². The molecule has 0 radical (unpaired) electrons. The Morgan fingerprint density at radius 3 is 2.70 bits per heavy atom. The lowest BCUT2D eigenvalue weighted by molar-refractivity contribution is 0.163. The molecule has 0 bridgehead atoms. The summed E-state index contributed by atoms with van der Waals surface area (Å²) in [6.45, 7) is 5.09. The highest BCUT2D eigenvalue weighted by atomic mass is 19.1. The normalized spacial score (nSPS) is 17.4. The second-order valence-corrected chi connectivity index (χ2v) is 8.22. The van der Waals surface area contributed by atoms with Gasteiger partial charge in [0.2, 0.25) is 0 Å². The molecule has 30 heavy (non-hydrogen) atoms. The summed E-state index contributed by atoms with van der Waals surface area (Å²) in [6.07, 6.45) is 4.94. The highest BCUT2D eigenvalue weighted by Crippen LogP contribution is 2.26. The van der Waals surface area contributed by atoms with Gasteiger partial charge in [-0.05, 0) is 56.0 Å². The van der Waals surface area contributed by atoms with Crippen LogP contribution in [-0.4, -0.2) is 32.6 Å². The van der Waals surface area contributed by atoms with Crippen LogP contribution in [0.25, 0.3) is 0 Å². The van der Waals surface area contributed by atoms with Crippen LogP contribution in [0.15, 0.2) is 48.7 Å². The van der Waals surface area contributed by atoms with Crippen molar-refractivity contribution < 1.29 is 13.9 Å². The van der Waals surface area contributed by atoms with Crippen molar-refractivity contribution in [1.29, 1.82) is 0 Å². The molecule has 6 heteroatoms. The number of hydrogen-bond donors (Lipinski definition) is 1. The lowest BCUT2D eigenvalue weighted by Gasteiger charge is -2.33. The fourth-order valence-corrected chi connectivity index (χ4v) is 4.31. The fourth-order valence-electron chi connectivity index (χ4n) is 4.31. The van der Waals surface area contributed by atoms with Gasteiger partial charge in [0.05, 0.1) is 0 Å². The number of likely N-dealkylation sites (tertiary alicyclic amines) is 1. The lowest BCUT2D eigenvalue weighted by atomic mass is 9.94. The number of phenolic OH excluding ortho intramolecular Hbond substituents is 1. The van der Waals surface area contributed by atoms with E-state index in [1.807, 2.05) is 25.3 Å². The van der Waals surface area contributed by atoms with Crippen LogP contribution in [0, 0.1) is 24.5 Å². The Hall–Kier alpha value is -2.73. The van der Waals surface area contributed by atoms with Crippen LogP contribution in [0.4, 0.5) is 8.78 Å². The molecule has 0 aliphatic carbocycles. The minimum absolute atomic E-state index is 0.229. The Morgan fingerprint density at radius 2 is 1.90 bits per heavy atom. The summed E-state index contributed by atoms with van der Waals surface area (Å²) in [7, 11) is 0. The molecule has 158 valence electrons. The molecule has 1 aliphatic heterocycles. The zero-order chi connectivity index (χ0) is 21.1. The number of nitrogens with zero attached hydrogens (tertiary/aromatic N) is 3. The van der Waals surface area contributed by atoms with Crippen LogP contribution in [-0.2, 0) is 19.5 Å². The van der Waals surface area contributed by atoms with Crippen molar-refractivity contribution in [2.24, 2.45) is 5.92 Å². The Balaban J connectivity index is 1.43. The van der Waals surface area contributed by atoms with Gasteiger partial charge >= 0.3 is 0 Å². The maximum absolute atomic E-state index is 13.6. The SMILES string of the molecule is Cc1cnc(CC2CCCN(Cc3cccc(F)c3O)C2)n1Cc1ccc(F)cc1. The molecular weight excluding hydrogens is 384 g/mol. The van der Waals surface area contributed by atoms with Gasteiger partial charge in [0.1, 0.15) is 11.6 Å². The largest absolute Gasteiger partial charge is 0.505 e. The average Bonchev–Trinajstić information content (AvgIpc) is 3.07. The minimum Gasteiger partial charge on any atom is -0.505 e. The van der Waals surface area contributed by atoms with Crippen LogP contribution < -0.4 is 0 Å². The minimum atomic E-state index is -0.570. The summed E-state index contributed by atoms with van der Waals surface area (Å²) in [5.41, 5.74) is 2.77. The third-order valence-electron chi connectivity index (χ3n) is 5.93. The van der Waals surface area contributed by atoms with Crippen molar-refractivity contribution >= 4 is 0 Å². The number of para-hydroxylation sites is 1. The summed E-state index contributed by atoms with van der Waals surface area (Å²) in [5.74, 6) is 0.442. The zero-order valence-corrected chi connectivity index (χ0v) is 17.2. The van der Waals surface area contributed by atoms with E-state index in [1.54, 1.807) is 12.1 Å². The van der Waals surface area contributed by atoms with E-state index in [9.17, 15) is 13.9 Å². The number of phenols is 1. The number of aromatic nitrogens is 2. The molecular formula is C24H27F2N3O. The molecule has 1 saturated heterocycles. The molecule has 1 atom stereocenters. The first-order valence-electron chi connectivity index (χ1n) is 10.4. The molecule has 1 fully saturated rings. The van der Waals surface area contributed by atoms with Gasteiger partial charge in [-0.1, -0.05) is 24.3 Å². The molecule has 0 amide bonds. The molecule has 2 heterocycles. The van der Waals surface area contributed by atoms with Gasteiger partial charge in [-0.3, -0.25) is 4.90 Å². The van der Waals surface area contributed by atoms with E-state index >= 15 is 0 Å². The first kappa shape index (κ1) is 20.5. The Morgan fingerprint density at radius 1 is 1.10 bits per heavy atom. The second kappa shape index (κ2) is 8.96. The van der Waals surface area contributed by atoms with Crippen molar-refractivity contribution in [3.63, 3.8) is 0 Å². The van der Waals surface area contributed by atoms with Gasteiger partial charge in [-0.15, -0.1) is 0 Å². The summed E-state index contributed by atoms with van der Waals surface area (Å²) >= 11 is 0. The predicted molar refractivity (Wildman–Crippen MR) is 112 cm³/mol. The molecule has 2 aromatic carbocycles. The molecule has 1 aromatic heterocycles. The quantitative estimate of drug-likeness (QED) is 0.640. The van der Waals surface area contributed by atoms with Crippen LogP contribution in [0.2, 0.25) is 0 Å². The van der Waals surface area contributed by atoms with Gasteiger partial charge in [-0.25, -0.2) is 13.8 Å². The van der Waals surface area contributed by atoms with Gasteiger partial charge in [0.25, 0.3) is 0 Å². The number of aromatic hydroxyl groups is 1. The van der Waals surface area contributed by atoms with Crippen molar-refractivity contribution in [3.05, 3.63) is 82.9 Å². The zero-order valence-electron chi connectivity index (χ0n) is 17.2. The summed E-state index contributed by atoms with van der Waals surface area (Å²) in [5, 5.41) is 9.99. The van der Waals surface area contributed by atoms with E-state index in [2.05, 4.69) is 14.5 Å². The van der Waals surface area contributed by atoms with Gasteiger partial charge in [0.15, 0.2) is 11.6 Å².